The first-order chi connectivity index (χ1) is 8.24. The van der Waals surface area contributed by atoms with Crippen LogP contribution in [0.3, 0.4) is 0 Å². The zero-order valence-electron chi connectivity index (χ0n) is 10.1. The van der Waals surface area contributed by atoms with E-state index in [0.29, 0.717) is 18.9 Å². The molecule has 0 spiro atoms. The summed E-state index contributed by atoms with van der Waals surface area (Å²) < 4.78 is 0. The molecule has 17 heavy (non-hydrogen) atoms. The van der Waals surface area contributed by atoms with Crippen LogP contribution < -0.4 is 10.6 Å². The van der Waals surface area contributed by atoms with Crippen molar-refractivity contribution in [2.75, 3.05) is 13.1 Å². The molecule has 2 aliphatic carbocycles. The van der Waals surface area contributed by atoms with Crippen LogP contribution in [0.2, 0.25) is 0 Å². The summed E-state index contributed by atoms with van der Waals surface area (Å²) in [6, 6.07) is 0. The van der Waals surface area contributed by atoms with E-state index in [2.05, 4.69) is 10.6 Å². The smallest absolute Gasteiger partial charge is 0.225 e. The van der Waals surface area contributed by atoms with Gasteiger partial charge in [-0.05, 0) is 24.2 Å². The highest BCUT2D eigenvalue weighted by Gasteiger charge is 2.44. The van der Waals surface area contributed by atoms with E-state index in [1.807, 2.05) is 0 Å². The molecule has 4 heteroatoms. The fraction of sp³-hybridized carbons (Fsp3) is 0.846. The van der Waals surface area contributed by atoms with Crippen LogP contribution in [0, 0.1) is 23.7 Å². The number of amides is 2. The van der Waals surface area contributed by atoms with E-state index in [-0.39, 0.29) is 17.7 Å². The zero-order chi connectivity index (χ0) is 11.8. The lowest BCUT2D eigenvalue weighted by Gasteiger charge is -2.25. The molecular weight excluding hydrogens is 216 g/mol. The number of hydrogen-bond donors (Lipinski definition) is 2. The lowest BCUT2D eigenvalue weighted by atomic mass is 9.81. The molecule has 1 saturated heterocycles. The fourth-order valence-corrected chi connectivity index (χ4v) is 3.12. The SMILES string of the molecule is O=C1CC(C(=O)NC[C@H]2C[C@@H]2C2CCC2)CN1. The molecule has 0 aromatic carbocycles. The van der Waals surface area contributed by atoms with Crippen molar-refractivity contribution in [3.8, 4) is 0 Å². The molecule has 0 radical (unpaired) electrons. The van der Waals surface area contributed by atoms with Gasteiger partial charge in [-0.25, -0.2) is 0 Å². The van der Waals surface area contributed by atoms with Crippen molar-refractivity contribution in [3.63, 3.8) is 0 Å². The lowest BCUT2D eigenvalue weighted by molar-refractivity contribution is -0.126. The van der Waals surface area contributed by atoms with Crippen LogP contribution in [-0.4, -0.2) is 24.9 Å². The normalized spacial score (nSPS) is 36.2. The molecule has 1 heterocycles. The Morgan fingerprint density at radius 2 is 2.24 bits per heavy atom. The second-order valence-electron chi connectivity index (χ2n) is 5.80. The van der Waals surface area contributed by atoms with Gasteiger partial charge in [0, 0.05) is 19.5 Å². The van der Waals surface area contributed by atoms with Crippen molar-refractivity contribution in [2.24, 2.45) is 23.7 Å². The average molecular weight is 236 g/mol. The Labute approximate surface area is 102 Å². The summed E-state index contributed by atoms with van der Waals surface area (Å²) in [5.41, 5.74) is 0. The Kier molecular flexibility index (Phi) is 2.81. The number of rotatable bonds is 4. The number of carbonyl (C=O) groups excluding carboxylic acids is 2. The van der Waals surface area contributed by atoms with Crippen LogP contribution in [0.1, 0.15) is 32.1 Å². The predicted molar refractivity (Wildman–Crippen MR) is 63.1 cm³/mol. The van der Waals surface area contributed by atoms with E-state index in [0.717, 1.165) is 18.4 Å². The summed E-state index contributed by atoms with van der Waals surface area (Å²) >= 11 is 0. The summed E-state index contributed by atoms with van der Waals surface area (Å²) in [5, 5.41) is 5.71. The highest BCUT2D eigenvalue weighted by molar-refractivity contribution is 5.89. The van der Waals surface area contributed by atoms with E-state index < -0.39 is 0 Å². The third-order valence-corrected chi connectivity index (χ3v) is 4.62. The lowest BCUT2D eigenvalue weighted by Crippen LogP contribution is -2.33. The van der Waals surface area contributed by atoms with Gasteiger partial charge in [0.05, 0.1) is 5.92 Å². The monoisotopic (exact) mass is 236 g/mol. The highest BCUT2D eigenvalue weighted by Crippen LogP contribution is 2.51. The maximum absolute atomic E-state index is 11.8. The van der Waals surface area contributed by atoms with Gasteiger partial charge >= 0.3 is 0 Å². The number of carbonyl (C=O) groups is 2. The van der Waals surface area contributed by atoms with Gasteiger partial charge in [-0.1, -0.05) is 19.3 Å². The topological polar surface area (TPSA) is 58.2 Å². The molecule has 94 valence electrons. The van der Waals surface area contributed by atoms with Crippen LogP contribution in [0.5, 0.6) is 0 Å². The van der Waals surface area contributed by atoms with E-state index in [4.69, 9.17) is 0 Å². The Morgan fingerprint density at radius 3 is 2.82 bits per heavy atom. The van der Waals surface area contributed by atoms with Gasteiger partial charge < -0.3 is 10.6 Å². The molecule has 4 nitrogen and oxygen atoms in total. The molecule has 2 amide bonds. The van der Waals surface area contributed by atoms with Crippen molar-refractivity contribution >= 4 is 11.8 Å². The van der Waals surface area contributed by atoms with Crippen molar-refractivity contribution in [2.45, 2.75) is 32.1 Å². The van der Waals surface area contributed by atoms with Crippen LogP contribution in [0.4, 0.5) is 0 Å². The second-order valence-corrected chi connectivity index (χ2v) is 5.80. The largest absolute Gasteiger partial charge is 0.356 e. The summed E-state index contributed by atoms with van der Waals surface area (Å²) in [6.07, 6.45) is 5.86. The van der Waals surface area contributed by atoms with Crippen molar-refractivity contribution in [1.82, 2.24) is 10.6 Å². The molecule has 3 atom stereocenters. The second kappa shape index (κ2) is 4.31. The average Bonchev–Trinajstić information content (AvgIpc) is 2.83. The zero-order valence-corrected chi connectivity index (χ0v) is 10.1. The Balaban J connectivity index is 1.37. The molecule has 0 aromatic heterocycles. The third-order valence-electron chi connectivity index (χ3n) is 4.62. The minimum absolute atomic E-state index is 0.00363. The van der Waals surface area contributed by atoms with Gasteiger partial charge in [0.2, 0.25) is 11.8 Å². The van der Waals surface area contributed by atoms with Crippen LogP contribution >= 0.6 is 0 Å². The van der Waals surface area contributed by atoms with Crippen LogP contribution in [0.25, 0.3) is 0 Å². The van der Waals surface area contributed by atoms with E-state index in [1.165, 1.54) is 25.7 Å². The van der Waals surface area contributed by atoms with Gasteiger partial charge in [-0.2, -0.15) is 0 Å². The molecule has 0 aromatic rings. The van der Waals surface area contributed by atoms with Crippen molar-refractivity contribution < 1.29 is 9.59 Å². The summed E-state index contributed by atoms with van der Waals surface area (Å²) in [7, 11) is 0. The van der Waals surface area contributed by atoms with Gasteiger partial charge in [0.15, 0.2) is 0 Å². The molecule has 3 rings (SSSR count). The highest BCUT2D eigenvalue weighted by atomic mass is 16.2. The predicted octanol–water partition coefficient (Wildman–Crippen LogP) is 0.675. The molecule has 1 unspecified atom stereocenters. The molecule has 2 saturated carbocycles. The number of hydrogen-bond acceptors (Lipinski definition) is 2. The van der Waals surface area contributed by atoms with E-state index in [9.17, 15) is 9.59 Å². The first-order valence-electron chi connectivity index (χ1n) is 6.78. The minimum atomic E-state index is -0.136. The summed E-state index contributed by atoms with van der Waals surface area (Å²) in [5.74, 6) is 2.48. The molecule has 2 N–H and O–H groups in total. The summed E-state index contributed by atoms with van der Waals surface area (Å²) in [6.45, 7) is 1.34. The van der Waals surface area contributed by atoms with Gasteiger partial charge in [0.1, 0.15) is 0 Å². The first-order valence-corrected chi connectivity index (χ1v) is 6.78. The Hall–Kier alpha value is -1.06. The van der Waals surface area contributed by atoms with Crippen LogP contribution in [0.15, 0.2) is 0 Å². The molecule has 1 aliphatic heterocycles. The Bertz CT molecular complexity index is 338. The van der Waals surface area contributed by atoms with Gasteiger partial charge in [-0.3, -0.25) is 9.59 Å². The molecule has 0 bridgehead atoms. The first kappa shape index (κ1) is 11.1. The van der Waals surface area contributed by atoms with Crippen molar-refractivity contribution in [1.29, 1.82) is 0 Å². The van der Waals surface area contributed by atoms with Gasteiger partial charge in [-0.15, -0.1) is 0 Å². The maximum Gasteiger partial charge on any atom is 0.225 e. The number of nitrogens with one attached hydrogen (secondary N) is 2. The molecule has 3 fully saturated rings. The Morgan fingerprint density at radius 1 is 1.41 bits per heavy atom. The third kappa shape index (κ3) is 2.31. The molecule has 3 aliphatic rings. The fourth-order valence-electron chi connectivity index (χ4n) is 3.12. The van der Waals surface area contributed by atoms with E-state index >= 15 is 0 Å². The quantitative estimate of drug-likeness (QED) is 0.754. The van der Waals surface area contributed by atoms with Crippen molar-refractivity contribution in [3.05, 3.63) is 0 Å². The summed E-state index contributed by atoms with van der Waals surface area (Å²) in [4.78, 5) is 22.8. The van der Waals surface area contributed by atoms with Gasteiger partial charge in [0.25, 0.3) is 0 Å². The molecular formula is C13H20N2O2. The minimum Gasteiger partial charge on any atom is -0.356 e. The van der Waals surface area contributed by atoms with Crippen LogP contribution in [-0.2, 0) is 9.59 Å². The maximum atomic E-state index is 11.8. The standard InChI is InChI=1S/C13H20N2O2/c16-12-5-10(7-14-12)13(17)15-6-9-4-11(9)8-2-1-3-8/h8-11H,1-7H2,(H,14,16)(H,15,17)/t9-,10?,11-/m1/s1. The van der Waals surface area contributed by atoms with E-state index in [1.54, 1.807) is 0 Å².